The van der Waals surface area contributed by atoms with Gasteiger partial charge in [0, 0.05) is 0 Å². The fraction of sp³-hybridized carbons (Fsp3) is 0.368. The van der Waals surface area contributed by atoms with E-state index in [1.54, 1.807) is 0 Å². The Labute approximate surface area is 135 Å². The molecule has 0 aliphatic carbocycles. The van der Waals surface area contributed by atoms with Crippen LogP contribution in [-0.2, 0) is 6.42 Å². The summed E-state index contributed by atoms with van der Waals surface area (Å²) >= 11 is 0. The highest BCUT2D eigenvalue weighted by molar-refractivity contribution is 6.88. The van der Waals surface area contributed by atoms with Gasteiger partial charge in [-0.05, 0) is 42.7 Å². The van der Waals surface area contributed by atoms with Crippen molar-refractivity contribution in [2.45, 2.75) is 45.8 Å². The summed E-state index contributed by atoms with van der Waals surface area (Å²) in [6.07, 6.45) is 3.62. The fourth-order valence-electron chi connectivity index (χ4n) is 2.25. The molecule has 0 fully saturated rings. The smallest absolute Gasteiger partial charge is 0.0857 e. The molecule has 0 amide bonds. The third kappa shape index (κ3) is 4.92. The number of aryl methyl sites for hydroxylation is 1. The van der Waals surface area contributed by atoms with Gasteiger partial charge < -0.3 is 0 Å². The first kappa shape index (κ1) is 16.6. The van der Waals surface area contributed by atoms with Gasteiger partial charge in [0.05, 0.1) is 19.4 Å². The second-order valence-corrected chi connectivity index (χ2v) is 11.8. The van der Waals surface area contributed by atoms with E-state index >= 15 is 0 Å². The molecule has 0 spiro atoms. The van der Waals surface area contributed by atoms with Crippen LogP contribution in [0.15, 0.2) is 58.8 Å². The molecule has 22 heavy (non-hydrogen) atoms. The summed E-state index contributed by atoms with van der Waals surface area (Å²) in [5, 5.41) is 10.1. The first-order chi connectivity index (χ1) is 10.5. The van der Waals surface area contributed by atoms with Crippen molar-refractivity contribution in [1.29, 1.82) is 0 Å². The molecule has 0 aromatic heterocycles. The Hall–Kier alpha value is -1.74. The van der Waals surface area contributed by atoms with Crippen LogP contribution in [0.3, 0.4) is 0 Å². The van der Waals surface area contributed by atoms with Gasteiger partial charge in [0.15, 0.2) is 0 Å². The second kappa shape index (κ2) is 7.50. The normalized spacial score (nSPS) is 12.0. The number of unbranched alkanes of at least 4 members (excludes halogenated alkanes) is 1. The SMILES string of the molecule is CCCCc1ccc(N=Nc2ccc([Si](C)(C)C)cc2)cc1. The Balaban J connectivity index is 2.02. The van der Waals surface area contributed by atoms with Gasteiger partial charge in [-0.25, -0.2) is 0 Å². The Kier molecular flexibility index (Phi) is 5.67. The largest absolute Gasteiger partial charge is 0.151 e. The van der Waals surface area contributed by atoms with E-state index in [1.807, 2.05) is 12.1 Å². The molecule has 0 aliphatic heterocycles. The van der Waals surface area contributed by atoms with Gasteiger partial charge >= 0.3 is 0 Å². The van der Waals surface area contributed by atoms with Crippen molar-refractivity contribution in [3.8, 4) is 0 Å². The molecule has 2 rings (SSSR count). The molecule has 0 heterocycles. The molecule has 0 saturated carbocycles. The third-order valence-corrected chi connectivity index (χ3v) is 5.83. The summed E-state index contributed by atoms with van der Waals surface area (Å²) in [6.45, 7) is 9.27. The lowest BCUT2D eigenvalue weighted by Gasteiger charge is -2.15. The van der Waals surface area contributed by atoms with Crippen LogP contribution in [0, 0.1) is 0 Å². The van der Waals surface area contributed by atoms with E-state index in [0.717, 1.165) is 17.8 Å². The van der Waals surface area contributed by atoms with Crippen LogP contribution < -0.4 is 5.19 Å². The second-order valence-electron chi connectivity index (χ2n) is 6.77. The predicted molar refractivity (Wildman–Crippen MR) is 98.7 cm³/mol. The maximum absolute atomic E-state index is 4.33. The Morgan fingerprint density at radius 2 is 1.27 bits per heavy atom. The van der Waals surface area contributed by atoms with Crippen molar-refractivity contribution >= 4 is 24.6 Å². The van der Waals surface area contributed by atoms with Crippen LogP contribution in [-0.4, -0.2) is 8.07 Å². The lowest BCUT2D eigenvalue weighted by Crippen LogP contribution is -2.37. The van der Waals surface area contributed by atoms with Crippen molar-refractivity contribution in [1.82, 2.24) is 0 Å². The molecule has 2 aromatic carbocycles. The summed E-state index contributed by atoms with van der Waals surface area (Å²) in [6, 6.07) is 16.9. The Morgan fingerprint density at radius 1 is 0.773 bits per heavy atom. The minimum Gasteiger partial charge on any atom is -0.151 e. The number of hydrogen-bond donors (Lipinski definition) is 0. The molecule has 2 aromatic rings. The average molecular weight is 311 g/mol. The fourth-order valence-corrected chi connectivity index (χ4v) is 3.42. The lowest BCUT2D eigenvalue weighted by molar-refractivity contribution is 0.795. The maximum atomic E-state index is 4.33. The quantitative estimate of drug-likeness (QED) is 0.462. The van der Waals surface area contributed by atoms with Crippen molar-refractivity contribution in [2.24, 2.45) is 10.2 Å². The lowest BCUT2D eigenvalue weighted by atomic mass is 10.1. The summed E-state index contributed by atoms with van der Waals surface area (Å²) in [4.78, 5) is 0. The molecule has 0 saturated heterocycles. The number of hydrogen-bond acceptors (Lipinski definition) is 2. The van der Waals surface area contributed by atoms with Gasteiger partial charge in [-0.3, -0.25) is 0 Å². The molecule has 116 valence electrons. The Morgan fingerprint density at radius 3 is 1.73 bits per heavy atom. The van der Waals surface area contributed by atoms with Crippen LogP contribution in [0.2, 0.25) is 19.6 Å². The third-order valence-electron chi connectivity index (χ3n) is 3.77. The van der Waals surface area contributed by atoms with E-state index < -0.39 is 8.07 Å². The first-order valence-electron chi connectivity index (χ1n) is 8.10. The molecule has 2 nitrogen and oxygen atoms in total. The zero-order chi connectivity index (χ0) is 16.0. The summed E-state index contributed by atoms with van der Waals surface area (Å²) < 4.78 is 0. The molecule has 0 radical (unpaired) electrons. The van der Waals surface area contributed by atoms with E-state index in [1.165, 1.54) is 23.6 Å². The highest BCUT2D eigenvalue weighted by Crippen LogP contribution is 2.19. The van der Waals surface area contributed by atoms with Gasteiger partial charge in [0.25, 0.3) is 0 Å². The summed E-state index contributed by atoms with van der Waals surface area (Å²) in [5.74, 6) is 0. The zero-order valence-electron chi connectivity index (χ0n) is 14.1. The van der Waals surface area contributed by atoms with E-state index in [9.17, 15) is 0 Å². The van der Waals surface area contributed by atoms with Crippen molar-refractivity contribution in [3.63, 3.8) is 0 Å². The van der Waals surface area contributed by atoms with Gasteiger partial charge in [-0.1, -0.05) is 62.4 Å². The van der Waals surface area contributed by atoms with E-state index in [4.69, 9.17) is 0 Å². The number of azo groups is 1. The minimum absolute atomic E-state index is 0.912. The molecule has 0 aliphatic rings. The predicted octanol–water partition coefficient (Wildman–Crippen LogP) is 5.99. The summed E-state index contributed by atoms with van der Waals surface area (Å²) in [5.41, 5.74) is 3.20. The van der Waals surface area contributed by atoms with Gasteiger partial charge in [0.2, 0.25) is 0 Å². The zero-order valence-corrected chi connectivity index (χ0v) is 15.1. The van der Waals surface area contributed by atoms with Crippen LogP contribution >= 0.6 is 0 Å². The number of rotatable bonds is 6. The number of benzene rings is 2. The van der Waals surface area contributed by atoms with Crippen LogP contribution in [0.1, 0.15) is 25.3 Å². The van der Waals surface area contributed by atoms with Crippen molar-refractivity contribution in [3.05, 3.63) is 54.1 Å². The van der Waals surface area contributed by atoms with Gasteiger partial charge in [-0.15, -0.1) is 0 Å². The van der Waals surface area contributed by atoms with Crippen LogP contribution in [0.5, 0.6) is 0 Å². The van der Waals surface area contributed by atoms with Crippen molar-refractivity contribution < 1.29 is 0 Å². The first-order valence-corrected chi connectivity index (χ1v) is 11.6. The monoisotopic (exact) mass is 310 g/mol. The molecular weight excluding hydrogens is 284 g/mol. The van der Waals surface area contributed by atoms with E-state index in [2.05, 4.69) is 73.2 Å². The van der Waals surface area contributed by atoms with Crippen molar-refractivity contribution in [2.75, 3.05) is 0 Å². The molecule has 0 bridgehead atoms. The highest BCUT2D eigenvalue weighted by Gasteiger charge is 2.15. The molecule has 0 N–H and O–H groups in total. The van der Waals surface area contributed by atoms with E-state index in [0.29, 0.717) is 0 Å². The van der Waals surface area contributed by atoms with Gasteiger partial charge in [-0.2, -0.15) is 10.2 Å². The van der Waals surface area contributed by atoms with Gasteiger partial charge in [0.1, 0.15) is 0 Å². The molecular formula is C19H26N2Si. The standard InChI is InChI=1S/C19H26N2Si/c1-5-6-7-16-8-10-17(11-9-16)20-21-18-12-14-19(15-13-18)22(2,3)4/h8-15H,5-7H2,1-4H3. The Bertz CT molecular complexity index is 607. The average Bonchev–Trinajstić information content (AvgIpc) is 2.51. The minimum atomic E-state index is -1.23. The maximum Gasteiger partial charge on any atom is 0.0857 e. The highest BCUT2D eigenvalue weighted by atomic mass is 28.3. The number of nitrogens with zero attached hydrogens (tertiary/aromatic N) is 2. The van der Waals surface area contributed by atoms with E-state index in [-0.39, 0.29) is 0 Å². The summed E-state index contributed by atoms with van der Waals surface area (Å²) in [7, 11) is -1.23. The molecule has 0 atom stereocenters. The molecule has 0 unspecified atom stereocenters. The van der Waals surface area contributed by atoms with Crippen LogP contribution in [0.25, 0.3) is 0 Å². The van der Waals surface area contributed by atoms with Crippen LogP contribution in [0.4, 0.5) is 11.4 Å². The topological polar surface area (TPSA) is 24.7 Å². The molecule has 3 heteroatoms.